The van der Waals surface area contributed by atoms with Crippen molar-refractivity contribution in [1.82, 2.24) is 15.0 Å². The van der Waals surface area contributed by atoms with Gasteiger partial charge in [-0.3, -0.25) is 0 Å². The molecule has 0 aliphatic rings. The van der Waals surface area contributed by atoms with Crippen LogP contribution >= 0.6 is 0 Å². The maximum atomic E-state index is 5.04. The maximum absolute atomic E-state index is 5.04. The Balaban J connectivity index is 1.44. The Hall–Kier alpha value is -5.15. The lowest BCUT2D eigenvalue weighted by atomic mass is 10.0. The van der Waals surface area contributed by atoms with Gasteiger partial charge in [0.1, 0.15) is 0 Å². The third kappa shape index (κ3) is 4.00. The molecule has 0 aliphatic heterocycles. The molecule has 7 aromatic rings. The minimum atomic E-state index is 0.658. The summed E-state index contributed by atoms with van der Waals surface area (Å²) in [5, 5.41) is 4.56. The van der Waals surface area contributed by atoms with Crippen molar-refractivity contribution in [2.75, 3.05) is 0 Å². The smallest absolute Gasteiger partial charge is 0.164 e. The number of hydrogen-bond donors (Lipinski definition) is 0. The first-order valence-electron chi connectivity index (χ1n) is 12.7. The van der Waals surface area contributed by atoms with Crippen molar-refractivity contribution in [3.8, 4) is 45.3 Å². The number of benzene rings is 6. The summed E-state index contributed by atoms with van der Waals surface area (Å²) < 4.78 is 0. The van der Waals surface area contributed by atoms with E-state index in [0.717, 1.165) is 43.8 Å². The van der Waals surface area contributed by atoms with Gasteiger partial charge in [0.25, 0.3) is 0 Å². The predicted molar refractivity (Wildman–Crippen MR) is 157 cm³/mol. The van der Waals surface area contributed by atoms with Gasteiger partial charge < -0.3 is 0 Å². The number of fused-ring (bicyclic) bond motifs is 2. The highest BCUT2D eigenvalue weighted by molar-refractivity contribution is 5.97. The van der Waals surface area contributed by atoms with Gasteiger partial charge in [0.15, 0.2) is 17.5 Å². The monoisotopic (exact) mass is 485 g/mol. The van der Waals surface area contributed by atoms with Gasteiger partial charge in [-0.05, 0) is 32.7 Å². The molecule has 0 bridgehead atoms. The topological polar surface area (TPSA) is 38.7 Å². The summed E-state index contributed by atoms with van der Waals surface area (Å²) >= 11 is 0. The van der Waals surface area contributed by atoms with E-state index >= 15 is 0 Å². The van der Waals surface area contributed by atoms with Gasteiger partial charge in [-0.15, -0.1) is 0 Å². The molecule has 7 rings (SSSR count). The van der Waals surface area contributed by atoms with Crippen LogP contribution in [-0.2, 0) is 0 Å². The van der Waals surface area contributed by atoms with E-state index in [0.29, 0.717) is 17.5 Å². The molecular formula is C35H23N3. The molecule has 3 nitrogen and oxygen atoms in total. The third-order valence-corrected chi connectivity index (χ3v) is 6.95. The lowest BCUT2D eigenvalue weighted by Crippen LogP contribution is -2.01. The van der Waals surface area contributed by atoms with Crippen molar-refractivity contribution < 1.29 is 0 Å². The Morgan fingerprint density at radius 3 is 1.29 bits per heavy atom. The highest BCUT2D eigenvalue weighted by Crippen LogP contribution is 2.32. The largest absolute Gasteiger partial charge is 0.208 e. The Morgan fingerprint density at radius 1 is 0.289 bits per heavy atom. The van der Waals surface area contributed by atoms with Gasteiger partial charge in [0, 0.05) is 16.7 Å². The van der Waals surface area contributed by atoms with Crippen LogP contribution < -0.4 is 0 Å². The molecule has 1 heterocycles. The van der Waals surface area contributed by atoms with Crippen LogP contribution in [0.1, 0.15) is 0 Å². The molecule has 0 atom stereocenters. The van der Waals surface area contributed by atoms with Crippen LogP contribution in [-0.4, -0.2) is 15.0 Å². The first-order valence-corrected chi connectivity index (χ1v) is 12.7. The van der Waals surface area contributed by atoms with E-state index in [1.165, 1.54) is 5.56 Å². The SMILES string of the molecule is c1ccc(-c2ccc(-c3nc(-c4cccc5ccccc45)nc(-c4cccc5ccccc45)n3)cc2)cc1. The van der Waals surface area contributed by atoms with Crippen molar-refractivity contribution in [3.63, 3.8) is 0 Å². The van der Waals surface area contributed by atoms with Crippen LogP contribution in [0, 0.1) is 0 Å². The lowest BCUT2D eigenvalue weighted by molar-refractivity contribution is 1.08. The van der Waals surface area contributed by atoms with Crippen molar-refractivity contribution >= 4 is 21.5 Å². The van der Waals surface area contributed by atoms with E-state index in [4.69, 9.17) is 15.0 Å². The molecule has 0 amide bonds. The zero-order valence-corrected chi connectivity index (χ0v) is 20.6. The first kappa shape index (κ1) is 22.1. The molecular weight excluding hydrogens is 462 g/mol. The molecule has 0 N–H and O–H groups in total. The normalized spacial score (nSPS) is 11.2. The summed E-state index contributed by atoms with van der Waals surface area (Å²) in [6, 6.07) is 48.1. The molecule has 0 radical (unpaired) electrons. The minimum Gasteiger partial charge on any atom is -0.208 e. The fourth-order valence-corrected chi connectivity index (χ4v) is 5.03. The standard InChI is InChI=1S/C35H23N3/c1-2-10-24(11-3-1)25-20-22-28(23-21-25)33-36-34(31-18-8-14-26-12-4-6-16-29(26)31)38-35(37-33)32-19-9-15-27-13-5-7-17-30(27)32/h1-23H. The van der Waals surface area contributed by atoms with Crippen LogP contribution in [0.2, 0.25) is 0 Å². The number of hydrogen-bond acceptors (Lipinski definition) is 3. The number of nitrogens with zero attached hydrogens (tertiary/aromatic N) is 3. The van der Waals surface area contributed by atoms with Crippen LogP contribution in [0.5, 0.6) is 0 Å². The Bertz CT molecular complexity index is 1800. The van der Waals surface area contributed by atoms with Gasteiger partial charge in [-0.25, -0.2) is 15.0 Å². The zero-order valence-electron chi connectivity index (χ0n) is 20.6. The van der Waals surface area contributed by atoms with E-state index < -0.39 is 0 Å². The highest BCUT2D eigenvalue weighted by Gasteiger charge is 2.15. The second-order valence-electron chi connectivity index (χ2n) is 9.30. The zero-order chi connectivity index (χ0) is 25.3. The molecule has 3 heteroatoms. The average Bonchev–Trinajstić information content (AvgIpc) is 3.01. The molecule has 0 unspecified atom stereocenters. The van der Waals surface area contributed by atoms with Gasteiger partial charge in [-0.2, -0.15) is 0 Å². The lowest BCUT2D eigenvalue weighted by Gasteiger charge is -2.12. The average molecular weight is 486 g/mol. The Kier molecular flexibility index (Phi) is 5.45. The van der Waals surface area contributed by atoms with Gasteiger partial charge >= 0.3 is 0 Å². The van der Waals surface area contributed by atoms with E-state index in [1.807, 2.05) is 6.07 Å². The van der Waals surface area contributed by atoms with E-state index in [-0.39, 0.29) is 0 Å². The summed E-state index contributed by atoms with van der Waals surface area (Å²) in [7, 11) is 0. The summed E-state index contributed by atoms with van der Waals surface area (Å²) in [5.41, 5.74) is 5.29. The van der Waals surface area contributed by atoms with Crippen LogP contribution in [0.25, 0.3) is 66.8 Å². The van der Waals surface area contributed by atoms with Crippen molar-refractivity contribution in [2.24, 2.45) is 0 Å². The minimum absolute atomic E-state index is 0.658. The van der Waals surface area contributed by atoms with Gasteiger partial charge in [-0.1, -0.05) is 140 Å². The molecule has 0 saturated heterocycles. The molecule has 0 spiro atoms. The van der Waals surface area contributed by atoms with Crippen LogP contribution in [0.15, 0.2) is 140 Å². The summed E-state index contributed by atoms with van der Waals surface area (Å²) in [4.78, 5) is 15.1. The van der Waals surface area contributed by atoms with Crippen molar-refractivity contribution in [1.29, 1.82) is 0 Å². The molecule has 178 valence electrons. The van der Waals surface area contributed by atoms with E-state index in [9.17, 15) is 0 Å². The molecule has 1 aromatic heterocycles. The second-order valence-corrected chi connectivity index (χ2v) is 9.30. The molecule has 0 saturated carbocycles. The Labute approximate surface area is 221 Å². The van der Waals surface area contributed by atoms with Crippen LogP contribution in [0.3, 0.4) is 0 Å². The van der Waals surface area contributed by atoms with Crippen LogP contribution in [0.4, 0.5) is 0 Å². The summed E-state index contributed by atoms with van der Waals surface area (Å²) in [6.07, 6.45) is 0. The number of rotatable bonds is 4. The molecule has 38 heavy (non-hydrogen) atoms. The second kappa shape index (κ2) is 9.38. The Morgan fingerprint density at radius 2 is 0.711 bits per heavy atom. The fourth-order valence-electron chi connectivity index (χ4n) is 5.03. The van der Waals surface area contributed by atoms with E-state index in [1.54, 1.807) is 0 Å². The molecule has 0 fully saturated rings. The molecule has 6 aromatic carbocycles. The number of aromatic nitrogens is 3. The van der Waals surface area contributed by atoms with Gasteiger partial charge in [0.05, 0.1) is 0 Å². The summed E-state index contributed by atoms with van der Waals surface area (Å²) in [5.74, 6) is 1.99. The molecule has 0 aliphatic carbocycles. The fraction of sp³-hybridized carbons (Fsp3) is 0. The first-order chi connectivity index (χ1) is 18.8. The highest BCUT2D eigenvalue weighted by atomic mass is 15.0. The summed E-state index contributed by atoms with van der Waals surface area (Å²) in [6.45, 7) is 0. The van der Waals surface area contributed by atoms with Crippen molar-refractivity contribution in [3.05, 3.63) is 140 Å². The van der Waals surface area contributed by atoms with E-state index in [2.05, 4.69) is 133 Å². The quantitative estimate of drug-likeness (QED) is 0.250. The van der Waals surface area contributed by atoms with Gasteiger partial charge in [0.2, 0.25) is 0 Å². The third-order valence-electron chi connectivity index (χ3n) is 6.95. The van der Waals surface area contributed by atoms with Crippen molar-refractivity contribution in [2.45, 2.75) is 0 Å². The predicted octanol–water partition coefficient (Wildman–Crippen LogP) is 8.85. The maximum Gasteiger partial charge on any atom is 0.164 e.